The van der Waals surface area contributed by atoms with Crippen molar-refractivity contribution in [2.45, 2.75) is 46.5 Å². The summed E-state index contributed by atoms with van der Waals surface area (Å²) >= 11 is 0. The number of aliphatic hydroxyl groups is 1. The van der Waals surface area contributed by atoms with Crippen molar-refractivity contribution in [2.75, 3.05) is 25.1 Å². The van der Waals surface area contributed by atoms with Crippen molar-refractivity contribution in [3.63, 3.8) is 0 Å². The largest absolute Gasteiger partial charge is 0.462 e. The zero-order valence-electron chi connectivity index (χ0n) is 13.5. The minimum absolute atomic E-state index is 0.0813. The molecule has 0 aliphatic carbocycles. The van der Waals surface area contributed by atoms with E-state index in [4.69, 9.17) is 9.84 Å². The Labute approximate surface area is 126 Å². The first-order valence-corrected chi connectivity index (χ1v) is 7.22. The second kappa shape index (κ2) is 7.36. The van der Waals surface area contributed by atoms with E-state index in [1.54, 1.807) is 13.8 Å². The summed E-state index contributed by atoms with van der Waals surface area (Å²) in [6, 6.07) is 0. The molecule has 0 amide bonds. The molecule has 21 heavy (non-hydrogen) atoms. The molecule has 0 spiro atoms. The van der Waals surface area contributed by atoms with Gasteiger partial charge in [-0.05, 0) is 20.3 Å². The maximum atomic E-state index is 12.1. The first-order chi connectivity index (χ1) is 9.81. The first kappa shape index (κ1) is 17.4. The number of aromatic nitrogens is 2. The van der Waals surface area contributed by atoms with Crippen LogP contribution in [0.15, 0.2) is 0 Å². The highest BCUT2D eigenvalue weighted by Crippen LogP contribution is 2.24. The lowest BCUT2D eigenvalue weighted by molar-refractivity contribution is 0.0525. The third-order valence-electron chi connectivity index (χ3n) is 2.87. The van der Waals surface area contributed by atoms with E-state index in [0.29, 0.717) is 42.5 Å². The molecule has 6 heteroatoms. The van der Waals surface area contributed by atoms with Gasteiger partial charge in [0.1, 0.15) is 17.2 Å². The van der Waals surface area contributed by atoms with Gasteiger partial charge in [-0.25, -0.2) is 14.8 Å². The monoisotopic (exact) mass is 295 g/mol. The van der Waals surface area contributed by atoms with Crippen molar-refractivity contribution in [3.8, 4) is 0 Å². The van der Waals surface area contributed by atoms with E-state index in [9.17, 15) is 4.79 Å². The highest BCUT2D eigenvalue weighted by molar-refractivity contribution is 5.95. The summed E-state index contributed by atoms with van der Waals surface area (Å²) in [5.41, 5.74) is 0.744. The molecule has 118 valence electrons. The number of nitrogens with one attached hydrogen (secondary N) is 1. The number of carbonyl (C=O) groups excluding carboxylic acids is 1. The topological polar surface area (TPSA) is 84.3 Å². The first-order valence-electron chi connectivity index (χ1n) is 7.22. The summed E-state index contributed by atoms with van der Waals surface area (Å²) in [6.07, 6.45) is 0.580. The van der Waals surface area contributed by atoms with Crippen LogP contribution in [0.25, 0.3) is 0 Å². The highest BCUT2D eigenvalue weighted by Gasteiger charge is 2.24. The molecule has 1 aromatic heterocycles. The van der Waals surface area contributed by atoms with E-state index >= 15 is 0 Å². The second-order valence-electron chi connectivity index (χ2n) is 5.83. The Kier molecular flexibility index (Phi) is 6.08. The zero-order chi connectivity index (χ0) is 16.0. The third kappa shape index (κ3) is 4.67. The predicted molar refractivity (Wildman–Crippen MR) is 81.6 cm³/mol. The molecule has 0 aliphatic heterocycles. The van der Waals surface area contributed by atoms with E-state index in [0.717, 1.165) is 0 Å². The molecule has 6 nitrogen and oxygen atoms in total. The number of esters is 1. The van der Waals surface area contributed by atoms with Gasteiger partial charge in [-0.2, -0.15) is 0 Å². The fraction of sp³-hybridized carbons (Fsp3) is 0.667. The quantitative estimate of drug-likeness (QED) is 0.617. The van der Waals surface area contributed by atoms with Crippen LogP contribution in [-0.2, 0) is 10.2 Å². The van der Waals surface area contributed by atoms with Crippen molar-refractivity contribution in [3.05, 3.63) is 17.1 Å². The molecule has 1 aromatic rings. The van der Waals surface area contributed by atoms with E-state index in [1.807, 2.05) is 20.8 Å². The van der Waals surface area contributed by atoms with Crippen LogP contribution < -0.4 is 5.32 Å². The normalized spacial score (nSPS) is 11.3. The van der Waals surface area contributed by atoms with E-state index in [-0.39, 0.29) is 12.0 Å². The molecule has 0 aliphatic rings. The van der Waals surface area contributed by atoms with Crippen molar-refractivity contribution in [1.29, 1.82) is 0 Å². The maximum absolute atomic E-state index is 12.1. The Bertz CT molecular complexity index is 496. The van der Waals surface area contributed by atoms with Crippen molar-refractivity contribution in [1.82, 2.24) is 9.97 Å². The Balaban J connectivity index is 3.23. The molecule has 0 radical (unpaired) electrons. The highest BCUT2D eigenvalue weighted by atomic mass is 16.5. The zero-order valence-corrected chi connectivity index (χ0v) is 13.5. The lowest BCUT2D eigenvalue weighted by Crippen LogP contribution is -2.22. The number of anilines is 1. The Morgan fingerprint density at radius 2 is 2.00 bits per heavy atom. The lowest BCUT2D eigenvalue weighted by atomic mass is 9.95. The standard InChI is InChI=1S/C15H25N3O3/c1-6-21-13(20)11-10(2)17-14(15(3,4)5)18-12(11)16-8-7-9-19/h19H,6-9H2,1-5H3,(H,16,17,18). The predicted octanol–water partition coefficient (Wildman–Crippen LogP) is 2.05. The van der Waals surface area contributed by atoms with Gasteiger partial charge in [0.05, 0.1) is 12.3 Å². The molecular formula is C15H25N3O3. The summed E-state index contributed by atoms with van der Waals surface area (Å²) < 4.78 is 5.07. The molecule has 0 unspecified atom stereocenters. The van der Waals surface area contributed by atoms with Crippen molar-refractivity contribution >= 4 is 11.8 Å². The lowest BCUT2D eigenvalue weighted by Gasteiger charge is -2.20. The van der Waals surface area contributed by atoms with E-state index < -0.39 is 5.97 Å². The molecule has 0 bridgehead atoms. The number of aryl methyl sites for hydroxylation is 1. The minimum Gasteiger partial charge on any atom is -0.462 e. The van der Waals surface area contributed by atoms with E-state index in [1.165, 1.54) is 0 Å². The summed E-state index contributed by atoms with van der Waals surface area (Å²) in [5.74, 6) is 0.709. The molecule has 1 heterocycles. The summed E-state index contributed by atoms with van der Waals surface area (Å²) in [4.78, 5) is 21.0. The Hall–Kier alpha value is -1.69. The summed E-state index contributed by atoms with van der Waals surface area (Å²) in [5, 5.41) is 12.0. The molecular weight excluding hydrogens is 270 g/mol. The molecule has 0 saturated carbocycles. The number of hydrogen-bond donors (Lipinski definition) is 2. The van der Waals surface area contributed by atoms with Crippen LogP contribution in [0.5, 0.6) is 0 Å². The van der Waals surface area contributed by atoms with Crippen LogP contribution in [0.3, 0.4) is 0 Å². The van der Waals surface area contributed by atoms with Gasteiger partial charge in [-0.3, -0.25) is 0 Å². The fourth-order valence-corrected chi connectivity index (χ4v) is 1.77. The van der Waals surface area contributed by atoms with Crippen LogP contribution in [0.1, 0.15) is 56.0 Å². The van der Waals surface area contributed by atoms with Gasteiger partial charge in [0.15, 0.2) is 0 Å². The van der Waals surface area contributed by atoms with Crippen molar-refractivity contribution < 1.29 is 14.6 Å². The van der Waals surface area contributed by atoms with Gasteiger partial charge in [-0.1, -0.05) is 20.8 Å². The van der Waals surface area contributed by atoms with Gasteiger partial charge in [-0.15, -0.1) is 0 Å². The van der Waals surface area contributed by atoms with Gasteiger partial charge in [0.2, 0.25) is 0 Å². The molecule has 2 N–H and O–H groups in total. The second-order valence-corrected chi connectivity index (χ2v) is 5.83. The van der Waals surface area contributed by atoms with Gasteiger partial charge in [0, 0.05) is 18.6 Å². The van der Waals surface area contributed by atoms with Crippen LogP contribution in [0.4, 0.5) is 5.82 Å². The van der Waals surface area contributed by atoms with Crippen LogP contribution >= 0.6 is 0 Å². The molecule has 1 rings (SSSR count). The Morgan fingerprint density at radius 1 is 1.33 bits per heavy atom. The SMILES string of the molecule is CCOC(=O)c1c(C)nc(C(C)(C)C)nc1NCCCO. The number of carbonyl (C=O) groups is 1. The minimum atomic E-state index is -0.429. The molecule has 0 aromatic carbocycles. The van der Waals surface area contributed by atoms with Crippen LogP contribution in [0, 0.1) is 6.92 Å². The summed E-state index contributed by atoms with van der Waals surface area (Å²) in [7, 11) is 0. The number of hydrogen-bond acceptors (Lipinski definition) is 6. The molecule has 0 saturated heterocycles. The number of nitrogens with zero attached hydrogens (tertiary/aromatic N) is 2. The average Bonchev–Trinajstić information content (AvgIpc) is 2.37. The van der Waals surface area contributed by atoms with Crippen LogP contribution in [-0.4, -0.2) is 40.8 Å². The van der Waals surface area contributed by atoms with Crippen molar-refractivity contribution in [2.24, 2.45) is 0 Å². The Morgan fingerprint density at radius 3 is 2.52 bits per heavy atom. The average molecular weight is 295 g/mol. The number of aliphatic hydroxyl groups excluding tert-OH is 1. The smallest absolute Gasteiger partial charge is 0.343 e. The summed E-state index contributed by atoms with van der Waals surface area (Å²) in [6.45, 7) is 10.5. The molecule has 0 atom stereocenters. The van der Waals surface area contributed by atoms with Gasteiger partial charge < -0.3 is 15.2 Å². The van der Waals surface area contributed by atoms with Crippen LogP contribution in [0.2, 0.25) is 0 Å². The third-order valence-corrected chi connectivity index (χ3v) is 2.87. The fourth-order valence-electron chi connectivity index (χ4n) is 1.77. The maximum Gasteiger partial charge on any atom is 0.343 e. The molecule has 0 fully saturated rings. The van der Waals surface area contributed by atoms with Gasteiger partial charge in [0.25, 0.3) is 0 Å². The van der Waals surface area contributed by atoms with E-state index in [2.05, 4.69) is 15.3 Å². The van der Waals surface area contributed by atoms with Gasteiger partial charge >= 0.3 is 5.97 Å². The number of ether oxygens (including phenoxy) is 1. The number of rotatable bonds is 6.